The van der Waals surface area contributed by atoms with Gasteiger partial charge in [0.2, 0.25) is 0 Å². The van der Waals surface area contributed by atoms with Crippen LogP contribution in [0.15, 0.2) is 24.3 Å². The van der Waals surface area contributed by atoms with Gasteiger partial charge in [-0.3, -0.25) is 4.90 Å². The van der Waals surface area contributed by atoms with E-state index in [1.165, 1.54) is 6.07 Å². The van der Waals surface area contributed by atoms with Crippen molar-refractivity contribution in [3.8, 4) is 5.75 Å². The Morgan fingerprint density at radius 1 is 1.11 bits per heavy atom. The summed E-state index contributed by atoms with van der Waals surface area (Å²) in [5.74, 6) is -0.0590. The zero-order chi connectivity index (χ0) is 12.3. The van der Waals surface area contributed by atoms with Crippen LogP contribution in [0, 0.1) is 0 Å². The van der Waals surface area contributed by atoms with E-state index in [4.69, 9.17) is 0 Å². The molecule has 0 saturated carbocycles. The number of rotatable bonds is 3. The van der Waals surface area contributed by atoms with Gasteiger partial charge in [0.25, 0.3) is 6.43 Å². The molecule has 1 aliphatic heterocycles. The molecule has 1 atom stereocenters. The quantitative estimate of drug-likeness (QED) is 0.899. The van der Waals surface area contributed by atoms with Crippen molar-refractivity contribution in [3.63, 3.8) is 0 Å². The Hall–Kier alpha value is -0.620. The minimum Gasteiger partial charge on any atom is -0.508 e. The topological polar surface area (TPSA) is 35.5 Å². The number of hydrogen-bond donors (Lipinski definition) is 2. The van der Waals surface area contributed by atoms with Crippen molar-refractivity contribution >= 4 is 24.8 Å². The van der Waals surface area contributed by atoms with Gasteiger partial charge in [0.15, 0.2) is 0 Å². The Labute approximate surface area is 123 Å². The van der Waals surface area contributed by atoms with E-state index in [1.807, 2.05) is 0 Å². The highest BCUT2D eigenvalue weighted by molar-refractivity contribution is 5.85. The second-order valence-electron chi connectivity index (χ2n) is 4.12. The van der Waals surface area contributed by atoms with E-state index in [1.54, 1.807) is 23.1 Å². The fourth-order valence-corrected chi connectivity index (χ4v) is 2.19. The normalized spacial score (nSPS) is 17.4. The standard InChI is InChI=1S/C12H16F2N2O.2ClH/c13-12(14)11(16-7-5-15-6-8-16)9-3-1-2-4-10(9)17;;/h1-4,11-12,15,17H,5-8H2;2*1H/t11-;;/m0../s1. The number of alkyl halides is 2. The predicted octanol–water partition coefficient (Wildman–Crippen LogP) is 2.45. The van der Waals surface area contributed by atoms with Crippen molar-refractivity contribution in [1.82, 2.24) is 10.2 Å². The van der Waals surface area contributed by atoms with Gasteiger partial charge in [0.05, 0.1) is 6.04 Å². The second kappa shape index (κ2) is 8.53. The van der Waals surface area contributed by atoms with E-state index in [-0.39, 0.29) is 30.6 Å². The zero-order valence-corrected chi connectivity index (χ0v) is 11.9. The molecule has 1 aliphatic rings. The maximum Gasteiger partial charge on any atom is 0.258 e. The van der Waals surface area contributed by atoms with Crippen LogP contribution in [0.4, 0.5) is 8.78 Å². The van der Waals surface area contributed by atoms with Crippen molar-refractivity contribution < 1.29 is 13.9 Å². The molecule has 3 nitrogen and oxygen atoms in total. The third-order valence-corrected chi connectivity index (χ3v) is 3.04. The lowest BCUT2D eigenvalue weighted by molar-refractivity contribution is 0.0170. The molecule has 2 rings (SSSR count). The number of phenolic OH excluding ortho intramolecular Hbond substituents is 1. The molecule has 0 spiro atoms. The molecule has 1 saturated heterocycles. The van der Waals surface area contributed by atoms with E-state index < -0.39 is 12.5 Å². The van der Waals surface area contributed by atoms with Crippen molar-refractivity contribution in [2.45, 2.75) is 12.5 Å². The lowest BCUT2D eigenvalue weighted by atomic mass is 10.0. The number of nitrogens with one attached hydrogen (secondary N) is 1. The van der Waals surface area contributed by atoms with Gasteiger partial charge in [-0.05, 0) is 6.07 Å². The minimum absolute atomic E-state index is 0. The summed E-state index contributed by atoms with van der Waals surface area (Å²) in [6, 6.07) is 5.31. The van der Waals surface area contributed by atoms with Gasteiger partial charge in [-0.2, -0.15) is 0 Å². The Morgan fingerprint density at radius 2 is 1.68 bits per heavy atom. The van der Waals surface area contributed by atoms with Crippen LogP contribution in [-0.2, 0) is 0 Å². The van der Waals surface area contributed by atoms with E-state index >= 15 is 0 Å². The molecule has 1 aromatic carbocycles. The van der Waals surface area contributed by atoms with Crippen LogP contribution in [0.5, 0.6) is 5.75 Å². The van der Waals surface area contributed by atoms with Crippen LogP contribution in [0.3, 0.4) is 0 Å². The molecule has 0 unspecified atom stereocenters. The van der Waals surface area contributed by atoms with Gasteiger partial charge in [-0.1, -0.05) is 18.2 Å². The summed E-state index contributed by atoms with van der Waals surface area (Å²) in [7, 11) is 0. The summed E-state index contributed by atoms with van der Waals surface area (Å²) in [5, 5.41) is 12.8. The fourth-order valence-electron chi connectivity index (χ4n) is 2.19. The minimum atomic E-state index is -2.50. The van der Waals surface area contributed by atoms with E-state index in [0.717, 1.165) is 0 Å². The van der Waals surface area contributed by atoms with Gasteiger partial charge in [-0.25, -0.2) is 8.78 Å². The van der Waals surface area contributed by atoms with Gasteiger partial charge in [-0.15, -0.1) is 24.8 Å². The highest BCUT2D eigenvalue weighted by atomic mass is 35.5. The van der Waals surface area contributed by atoms with Crippen molar-refractivity contribution in [1.29, 1.82) is 0 Å². The highest BCUT2D eigenvalue weighted by Gasteiger charge is 2.31. The van der Waals surface area contributed by atoms with Crippen LogP contribution < -0.4 is 5.32 Å². The molecule has 19 heavy (non-hydrogen) atoms. The van der Waals surface area contributed by atoms with Crippen LogP contribution >= 0.6 is 24.8 Å². The van der Waals surface area contributed by atoms with E-state index in [2.05, 4.69) is 5.32 Å². The molecule has 7 heteroatoms. The first-order valence-corrected chi connectivity index (χ1v) is 5.71. The van der Waals surface area contributed by atoms with Gasteiger partial charge >= 0.3 is 0 Å². The SMILES string of the molecule is Cl.Cl.Oc1ccccc1[C@@H](C(F)F)N1CCNCC1. The average molecular weight is 315 g/mol. The van der Waals surface area contributed by atoms with Gasteiger partial charge < -0.3 is 10.4 Å². The summed E-state index contributed by atoms with van der Waals surface area (Å²) < 4.78 is 26.4. The molecule has 0 aliphatic carbocycles. The molecule has 1 heterocycles. The summed E-state index contributed by atoms with van der Waals surface area (Å²) in [6.45, 7) is 2.56. The summed E-state index contributed by atoms with van der Waals surface area (Å²) >= 11 is 0. The lowest BCUT2D eigenvalue weighted by Crippen LogP contribution is -2.46. The third kappa shape index (κ3) is 4.45. The Bertz CT molecular complexity index is 377. The molecule has 0 radical (unpaired) electrons. The molecule has 0 bridgehead atoms. The molecule has 0 amide bonds. The number of nitrogens with zero attached hydrogens (tertiary/aromatic N) is 1. The monoisotopic (exact) mass is 314 g/mol. The number of piperazine rings is 1. The maximum absolute atomic E-state index is 13.2. The first-order valence-electron chi connectivity index (χ1n) is 5.71. The summed E-state index contributed by atoms with van der Waals surface area (Å²) in [4.78, 5) is 1.72. The summed E-state index contributed by atoms with van der Waals surface area (Å²) in [6.07, 6.45) is -2.50. The Kier molecular flexibility index (Phi) is 8.25. The second-order valence-corrected chi connectivity index (χ2v) is 4.12. The molecular weight excluding hydrogens is 297 g/mol. The molecule has 110 valence electrons. The van der Waals surface area contributed by atoms with E-state index in [9.17, 15) is 13.9 Å². The van der Waals surface area contributed by atoms with Crippen LogP contribution in [0.25, 0.3) is 0 Å². The number of aromatic hydroxyl groups is 1. The molecule has 1 fully saturated rings. The van der Waals surface area contributed by atoms with Gasteiger partial charge in [0.1, 0.15) is 5.75 Å². The molecule has 1 aromatic rings. The third-order valence-electron chi connectivity index (χ3n) is 3.04. The smallest absolute Gasteiger partial charge is 0.258 e. The molecular formula is C12H18Cl2F2N2O. The number of phenols is 1. The van der Waals surface area contributed by atoms with Crippen LogP contribution in [-0.4, -0.2) is 42.6 Å². The van der Waals surface area contributed by atoms with Gasteiger partial charge in [0, 0.05) is 31.7 Å². The van der Waals surface area contributed by atoms with E-state index in [0.29, 0.717) is 31.7 Å². The fraction of sp³-hybridized carbons (Fsp3) is 0.500. The first-order chi connectivity index (χ1) is 8.20. The van der Waals surface area contributed by atoms with Crippen molar-refractivity contribution in [2.24, 2.45) is 0 Å². The highest BCUT2D eigenvalue weighted by Crippen LogP contribution is 2.33. The first kappa shape index (κ1) is 18.4. The Morgan fingerprint density at radius 3 is 2.21 bits per heavy atom. The molecule has 2 N–H and O–H groups in total. The number of benzene rings is 1. The zero-order valence-electron chi connectivity index (χ0n) is 10.3. The maximum atomic E-state index is 13.2. The molecule has 0 aromatic heterocycles. The number of para-hydroxylation sites is 1. The largest absolute Gasteiger partial charge is 0.508 e. The summed E-state index contributed by atoms with van der Waals surface area (Å²) in [5.41, 5.74) is 0.310. The van der Waals surface area contributed by atoms with Crippen molar-refractivity contribution in [2.75, 3.05) is 26.2 Å². The predicted molar refractivity (Wildman–Crippen MR) is 75.8 cm³/mol. The van der Waals surface area contributed by atoms with Crippen LogP contribution in [0.2, 0.25) is 0 Å². The number of halogens is 4. The van der Waals surface area contributed by atoms with Crippen LogP contribution in [0.1, 0.15) is 11.6 Å². The van der Waals surface area contributed by atoms with Crippen molar-refractivity contribution in [3.05, 3.63) is 29.8 Å². The average Bonchev–Trinajstić information content (AvgIpc) is 2.33. The number of hydrogen-bond acceptors (Lipinski definition) is 3. The lowest BCUT2D eigenvalue weighted by Gasteiger charge is -2.34. The Balaban J connectivity index is 0.00000162.